The fourth-order valence-electron chi connectivity index (χ4n) is 3.80. The number of nitrogens with zero attached hydrogens (tertiary/aromatic N) is 1. The minimum absolute atomic E-state index is 0.256. The second-order valence-corrected chi connectivity index (χ2v) is 9.13. The van der Waals surface area contributed by atoms with Gasteiger partial charge in [-0.15, -0.1) is 0 Å². The van der Waals surface area contributed by atoms with E-state index in [1.165, 1.54) is 9.87 Å². The molecular formula is C22H23NO4S. The third-order valence-corrected chi connectivity index (χ3v) is 7.18. The van der Waals surface area contributed by atoms with Gasteiger partial charge in [-0.2, -0.15) is 0 Å². The van der Waals surface area contributed by atoms with Crippen LogP contribution < -0.4 is 0 Å². The lowest BCUT2D eigenvalue weighted by atomic mass is 9.95. The largest absolute Gasteiger partial charge is 0.454 e. The highest BCUT2D eigenvalue weighted by molar-refractivity contribution is 7.89. The summed E-state index contributed by atoms with van der Waals surface area (Å²) in [5, 5.41) is 0. The van der Waals surface area contributed by atoms with Crippen molar-refractivity contribution in [3.63, 3.8) is 0 Å². The Hall–Kier alpha value is -2.60. The Kier molecular flexibility index (Phi) is 4.98. The van der Waals surface area contributed by atoms with Gasteiger partial charge in [-0.3, -0.25) is 4.31 Å². The molecular weight excluding hydrogens is 374 g/mol. The number of cyclic esters (lactones) is 1. The molecule has 6 heteroatoms. The molecule has 1 atom stereocenters. The number of hydrogen-bond donors (Lipinski definition) is 0. The Morgan fingerprint density at radius 1 is 1.07 bits per heavy atom. The van der Waals surface area contributed by atoms with Gasteiger partial charge in [0, 0.05) is 12.2 Å². The molecule has 0 amide bonds. The summed E-state index contributed by atoms with van der Waals surface area (Å²) in [5.41, 5.74) is 3.31. The normalized spacial score (nSPS) is 22.1. The number of benzene rings is 2. The van der Waals surface area contributed by atoms with Gasteiger partial charge < -0.3 is 4.74 Å². The lowest BCUT2D eigenvalue weighted by Crippen LogP contribution is -2.41. The van der Waals surface area contributed by atoms with E-state index in [4.69, 9.17) is 4.74 Å². The van der Waals surface area contributed by atoms with E-state index in [0.29, 0.717) is 37.1 Å². The van der Waals surface area contributed by atoms with E-state index < -0.39 is 10.0 Å². The monoisotopic (exact) mass is 397 g/mol. The third-order valence-electron chi connectivity index (χ3n) is 5.32. The molecule has 2 aromatic rings. The summed E-state index contributed by atoms with van der Waals surface area (Å²) >= 11 is 0. The highest BCUT2D eigenvalue weighted by Gasteiger charge is 2.43. The minimum Gasteiger partial charge on any atom is -0.454 e. The van der Waals surface area contributed by atoms with E-state index in [2.05, 4.69) is 0 Å². The molecule has 2 aromatic carbocycles. The van der Waals surface area contributed by atoms with Crippen LogP contribution in [0, 0.1) is 6.92 Å². The Labute approximate surface area is 165 Å². The molecule has 2 aliphatic rings. The van der Waals surface area contributed by atoms with Gasteiger partial charge in [-0.25, -0.2) is 13.2 Å². The lowest BCUT2D eigenvalue weighted by Gasteiger charge is -2.33. The first-order valence-corrected chi connectivity index (χ1v) is 11.0. The lowest BCUT2D eigenvalue weighted by molar-refractivity contribution is -0.156. The van der Waals surface area contributed by atoms with Gasteiger partial charge in [0.2, 0.25) is 0 Å². The van der Waals surface area contributed by atoms with Crippen LogP contribution in [-0.2, 0) is 26.0 Å². The summed E-state index contributed by atoms with van der Waals surface area (Å²) in [7, 11) is -3.67. The molecule has 0 aliphatic carbocycles. The summed E-state index contributed by atoms with van der Waals surface area (Å²) in [6, 6.07) is 16.8. The third kappa shape index (κ3) is 3.44. The second kappa shape index (κ2) is 7.43. The number of rotatable bonds is 5. The summed E-state index contributed by atoms with van der Waals surface area (Å²) < 4.78 is 33.0. The number of ether oxygens (including phenoxy) is 1. The highest BCUT2D eigenvalue weighted by atomic mass is 32.2. The molecule has 0 saturated carbocycles. The molecule has 1 unspecified atom stereocenters. The van der Waals surface area contributed by atoms with Crippen LogP contribution in [0.1, 0.15) is 30.4 Å². The average Bonchev–Trinajstić information content (AvgIpc) is 3.15. The quantitative estimate of drug-likeness (QED) is 0.571. The Balaban J connectivity index is 1.59. The van der Waals surface area contributed by atoms with Crippen molar-refractivity contribution in [2.45, 2.75) is 43.6 Å². The molecule has 28 heavy (non-hydrogen) atoms. The van der Waals surface area contributed by atoms with Crippen LogP contribution in [-0.4, -0.2) is 31.3 Å². The predicted molar refractivity (Wildman–Crippen MR) is 106 cm³/mol. The molecule has 2 fully saturated rings. The first-order valence-electron chi connectivity index (χ1n) is 9.54. The Morgan fingerprint density at radius 2 is 1.79 bits per heavy atom. The van der Waals surface area contributed by atoms with Crippen molar-refractivity contribution in [1.82, 2.24) is 4.31 Å². The molecule has 0 N–H and O–H groups in total. The van der Waals surface area contributed by atoms with Crippen LogP contribution in [0.2, 0.25) is 0 Å². The molecule has 2 saturated heterocycles. The van der Waals surface area contributed by atoms with Crippen molar-refractivity contribution >= 4 is 16.0 Å². The van der Waals surface area contributed by atoms with Gasteiger partial charge in [0.1, 0.15) is 6.10 Å². The molecule has 0 bridgehead atoms. The van der Waals surface area contributed by atoms with Crippen LogP contribution in [0.4, 0.5) is 0 Å². The summed E-state index contributed by atoms with van der Waals surface area (Å²) in [5.74, 6) is -0.390. The molecule has 4 rings (SSSR count). The second-order valence-electron chi connectivity index (χ2n) is 7.27. The smallest absolute Gasteiger partial charge is 0.340 e. The highest BCUT2D eigenvalue weighted by Crippen LogP contribution is 2.37. The van der Waals surface area contributed by atoms with Gasteiger partial charge in [-0.05, 0) is 50.3 Å². The van der Waals surface area contributed by atoms with Crippen molar-refractivity contribution in [2.75, 3.05) is 6.54 Å². The molecule has 5 nitrogen and oxygen atoms in total. The summed E-state index contributed by atoms with van der Waals surface area (Å²) in [4.78, 5) is 12.4. The van der Waals surface area contributed by atoms with Crippen LogP contribution in [0.5, 0.6) is 0 Å². The molecule has 0 aromatic heterocycles. The zero-order chi connectivity index (χ0) is 19.7. The maximum atomic E-state index is 13.1. The van der Waals surface area contributed by atoms with Gasteiger partial charge in [0.25, 0.3) is 10.0 Å². The number of allylic oxidation sites excluding steroid dienone is 1. The van der Waals surface area contributed by atoms with Crippen molar-refractivity contribution in [3.8, 4) is 0 Å². The van der Waals surface area contributed by atoms with E-state index >= 15 is 0 Å². The molecule has 0 radical (unpaired) electrons. The predicted octanol–water partition coefficient (Wildman–Crippen LogP) is 3.59. The molecule has 0 spiro atoms. The van der Waals surface area contributed by atoms with Gasteiger partial charge >= 0.3 is 5.97 Å². The fraction of sp³-hybridized carbons (Fsp3) is 0.318. The number of aryl methyl sites for hydroxylation is 2. The number of esters is 1. The van der Waals surface area contributed by atoms with Crippen molar-refractivity contribution in [1.29, 1.82) is 0 Å². The number of hydrogen-bond acceptors (Lipinski definition) is 4. The number of carbonyl (C=O) groups excluding carboxylic acids is 1. The van der Waals surface area contributed by atoms with Crippen LogP contribution in [0.25, 0.3) is 0 Å². The first kappa shape index (κ1) is 18.7. The maximum Gasteiger partial charge on any atom is 0.340 e. The Bertz CT molecular complexity index is 1010. The first-order chi connectivity index (χ1) is 13.5. The average molecular weight is 397 g/mol. The van der Waals surface area contributed by atoms with E-state index in [9.17, 15) is 13.2 Å². The summed E-state index contributed by atoms with van der Waals surface area (Å²) in [6.07, 6.45) is 2.39. The molecule has 2 heterocycles. The zero-order valence-electron chi connectivity index (χ0n) is 15.8. The maximum absolute atomic E-state index is 13.1. The van der Waals surface area contributed by atoms with Gasteiger partial charge in [0.05, 0.1) is 10.5 Å². The number of sulfonamides is 1. The molecule has 146 valence electrons. The molecule has 2 aliphatic heterocycles. The SMILES string of the molecule is Cc1ccc(S(=O)(=O)N2CCC/C2=C2\C(=O)OC2CCc2ccccc2)cc1. The summed E-state index contributed by atoms with van der Waals surface area (Å²) in [6.45, 7) is 2.31. The topological polar surface area (TPSA) is 63.7 Å². The fourth-order valence-corrected chi connectivity index (χ4v) is 5.38. The Morgan fingerprint density at radius 3 is 2.46 bits per heavy atom. The zero-order valence-corrected chi connectivity index (χ0v) is 16.6. The minimum atomic E-state index is -3.67. The van der Waals surface area contributed by atoms with Gasteiger partial charge in [0.15, 0.2) is 0 Å². The van der Waals surface area contributed by atoms with E-state index in [-0.39, 0.29) is 17.0 Å². The van der Waals surface area contributed by atoms with Crippen molar-refractivity contribution in [3.05, 3.63) is 77.0 Å². The van der Waals surface area contributed by atoms with Crippen LogP contribution in [0.15, 0.2) is 70.8 Å². The van der Waals surface area contributed by atoms with E-state index in [1.54, 1.807) is 24.3 Å². The van der Waals surface area contributed by atoms with E-state index in [0.717, 1.165) is 12.0 Å². The van der Waals surface area contributed by atoms with Crippen molar-refractivity contribution in [2.24, 2.45) is 0 Å². The van der Waals surface area contributed by atoms with Crippen LogP contribution >= 0.6 is 0 Å². The van der Waals surface area contributed by atoms with Crippen LogP contribution in [0.3, 0.4) is 0 Å². The number of carbonyl (C=O) groups is 1. The standard InChI is InChI=1S/C22H23NO4S/c1-16-9-12-18(13-10-16)28(25,26)23-15-5-8-19(23)21-20(27-22(21)24)14-11-17-6-3-2-4-7-17/h2-4,6-7,9-10,12-13,20H,5,8,11,14-15H2,1H3/b21-19+. The van der Waals surface area contributed by atoms with Gasteiger partial charge in [-0.1, -0.05) is 48.0 Å². The van der Waals surface area contributed by atoms with E-state index in [1.807, 2.05) is 37.3 Å². The van der Waals surface area contributed by atoms with Crippen molar-refractivity contribution < 1.29 is 17.9 Å².